The average Bonchev–Trinajstić information content (AvgIpc) is 2.94. The van der Waals surface area contributed by atoms with Crippen molar-refractivity contribution in [2.75, 3.05) is 6.54 Å². The molecule has 0 saturated carbocycles. The molecule has 1 aromatic carbocycles. The summed E-state index contributed by atoms with van der Waals surface area (Å²) in [5, 5.41) is 10.9. The van der Waals surface area contributed by atoms with Gasteiger partial charge < -0.3 is 10.0 Å². The topological polar surface area (TPSA) is 66.3 Å². The van der Waals surface area contributed by atoms with E-state index in [2.05, 4.69) is 16.0 Å². The fraction of sp³-hybridized carbons (Fsp3) is 0.476. The molecular formula is C21H24ClN3O2. The highest BCUT2D eigenvalue weighted by Crippen LogP contribution is 2.31. The van der Waals surface area contributed by atoms with Crippen LogP contribution in [0.1, 0.15) is 47.6 Å². The van der Waals surface area contributed by atoms with Gasteiger partial charge in [0, 0.05) is 30.4 Å². The van der Waals surface area contributed by atoms with Crippen molar-refractivity contribution in [3.63, 3.8) is 0 Å². The number of amides is 1. The number of fused-ring (bicyclic) bond motifs is 1. The van der Waals surface area contributed by atoms with Gasteiger partial charge >= 0.3 is 0 Å². The van der Waals surface area contributed by atoms with E-state index < -0.39 is 5.60 Å². The third-order valence-electron chi connectivity index (χ3n) is 5.70. The highest BCUT2D eigenvalue weighted by atomic mass is 35.5. The quantitative estimate of drug-likeness (QED) is 0.878. The zero-order valence-corrected chi connectivity index (χ0v) is 16.4. The number of likely N-dealkylation sites (tertiary alicyclic amines) is 1. The Labute approximate surface area is 164 Å². The minimum absolute atomic E-state index is 0.108. The molecule has 5 nitrogen and oxygen atoms in total. The Hall–Kier alpha value is -1.98. The van der Waals surface area contributed by atoms with Gasteiger partial charge in [-0.2, -0.15) is 0 Å². The second-order valence-electron chi connectivity index (χ2n) is 8.24. The third-order valence-corrected chi connectivity index (χ3v) is 5.94. The van der Waals surface area contributed by atoms with E-state index in [0.29, 0.717) is 18.0 Å². The lowest BCUT2D eigenvalue weighted by Crippen LogP contribution is -2.60. The van der Waals surface area contributed by atoms with Crippen LogP contribution in [0, 0.1) is 5.92 Å². The summed E-state index contributed by atoms with van der Waals surface area (Å²) in [4.78, 5) is 23.2. The Morgan fingerprint density at radius 3 is 2.59 bits per heavy atom. The van der Waals surface area contributed by atoms with E-state index in [0.717, 1.165) is 36.5 Å². The Bertz CT molecular complexity index is 861. The summed E-state index contributed by atoms with van der Waals surface area (Å²) in [6, 6.07) is 5.95. The maximum atomic E-state index is 12.6. The molecule has 1 aliphatic heterocycles. The number of aliphatic hydroxyl groups is 1. The number of nitrogens with zero attached hydrogens (tertiary/aromatic N) is 3. The van der Waals surface area contributed by atoms with Gasteiger partial charge in [0.1, 0.15) is 5.82 Å². The predicted molar refractivity (Wildman–Crippen MR) is 104 cm³/mol. The van der Waals surface area contributed by atoms with Crippen LogP contribution in [0.15, 0.2) is 30.6 Å². The van der Waals surface area contributed by atoms with Gasteiger partial charge in [-0.05, 0) is 62.3 Å². The molecule has 4 rings (SSSR count). The van der Waals surface area contributed by atoms with Gasteiger partial charge in [0.25, 0.3) is 5.91 Å². The van der Waals surface area contributed by atoms with Crippen molar-refractivity contribution in [1.82, 2.24) is 14.9 Å². The van der Waals surface area contributed by atoms with E-state index in [1.165, 1.54) is 11.1 Å². The number of carbonyl (C=O) groups is 1. The Morgan fingerprint density at radius 1 is 1.26 bits per heavy atom. The van der Waals surface area contributed by atoms with Crippen LogP contribution in [0.25, 0.3) is 0 Å². The second kappa shape index (κ2) is 6.88. The first-order valence-corrected chi connectivity index (χ1v) is 9.80. The first-order valence-electron chi connectivity index (χ1n) is 9.43. The molecule has 142 valence electrons. The zero-order valence-electron chi connectivity index (χ0n) is 15.7. The van der Waals surface area contributed by atoms with Gasteiger partial charge in [0.15, 0.2) is 0 Å². The van der Waals surface area contributed by atoms with E-state index in [9.17, 15) is 9.90 Å². The smallest absolute Gasteiger partial charge is 0.257 e. The van der Waals surface area contributed by atoms with Crippen molar-refractivity contribution in [3.8, 4) is 0 Å². The molecule has 1 amide bonds. The molecule has 2 aliphatic rings. The maximum absolute atomic E-state index is 12.6. The molecule has 1 aliphatic carbocycles. The Kier molecular flexibility index (Phi) is 4.68. The molecule has 27 heavy (non-hydrogen) atoms. The van der Waals surface area contributed by atoms with E-state index in [1.54, 1.807) is 31.1 Å². The van der Waals surface area contributed by atoms with Crippen LogP contribution in [0.5, 0.6) is 0 Å². The minimum Gasteiger partial charge on any atom is -0.388 e. The molecule has 1 fully saturated rings. The zero-order chi connectivity index (χ0) is 19.2. The molecule has 0 spiro atoms. The van der Waals surface area contributed by atoms with Crippen molar-refractivity contribution in [1.29, 1.82) is 0 Å². The van der Waals surface area contributed by atoms with E-state index >= 15 is 0 Å². The first kappa shape index (κ1) is 18.4. The van der Waals surface area contributed by atoms with Gasteiger partial charge in [0.2, 0.25) is 0 Å². The van der Waals surface area contributed by atoms with Crippen LogP contribution in [-0.2, 0) is 19.3 Å². The van der Waals surface area contributed by atoms with Crippen molar-refractivity contribution in [2.45, 2.75) is 51.2 Å². The number of benzene rings is 1. The van der Waals surface area contributed by atoms with Crippen LogP contribution >= 0.6 is 11.6 Å². The molecule has 2 atom stereocenters. The normalized spacial score (nSPS) is 21.7. The molecule has 1 aromatic heterocycles. The molecule has 1 N–H and O–H groups in total. The van der Waals surface area contributed by atoms with Crippen LogP contribution in [0.4, 0.5) is 0 Å². The Balaban J connectivity index is 1.39. The third kappa shape index (κ3) is 3.71. The molecule has 2 aromatic rings. The average molecular weight is 386 g/mol. The predicted octanol–water partition coefficient (Wildman–Crippen LogP) is 3.07. The number of aromatic nitrogens is 2. The lowest BCUT2D eigenvalue weighted by atomic mass is 9.87. The summed E-state index contributed by atoms with van der Waals surface area (Å²) in [7, 11) is 0. The fourth-order valence-corrected chi connectivity index (χ4v) is 4.38. The van der Waals surface area contributed by atoms with Crippen molar-refractivity contribution in [2.24, 2.45) is 5.92 Å². The molecule has 6 heteroatoms. The van der Waals surface area contributed by atoms with Crippen LogP contribution in [0.2, 0.25) is 5.02 Å². The summed E-state index contributed by atoms with van der Waals surface area (Å²) in [5.74, 6) is 1.12. The number of hydrogen-bond acceptors (Lipinski definition) is 4. The monoisotopic (exact) mass is 385 g/mol. The SMILES string of the molecule is CC(C)(O)C1CCN1C(=O)c1cnc(CC2Cc3ccc(Cl)cc3C2)nc1. The minimum atomic E-state index is -0.894. The number of carbonyl (C=O) groups excluding carboxylic acids is 1. The first-order chi connectivity index (χ1) is 12.8. The highest BCUT2D eigenvalue weighted by molar-refractivity contribution is 6.30. The number of rotatable bonds is 4. The molecule has 0 bridgehead atoms. The van der Waals surface area contributed by atoms with Crippen LogP contribution < -0.4 is 0 Å². The van der Waals surface area contributed by atoms with Crippen molar-refractivity contribution < 1.29 is 9.90 Å². The summed E-state index contributed by atoms with van der Waals surface area (Å²) in [6.45, 7) is 4.14. The summed E-state index contributed by atoms with van der Waals surface area (Å²) in [6.07, 6.45) is 6.84. The number of hydrogen-bond donors (Lipinski definition) is 1. The number of halogens is 1. The van der Waals surface area contributed by atoms with E-state index in [1.807, 2.05) is 12.1 Å². The molecule has 2 heterocycles. The summed E-state index contributed by atoms with van der Waals surface area (Å²) < 4.78 is 0. The molecule has 0 radical (unpaired) electrons. The van der Waals surface area contributed by atoms with E-state index in [-0.39, 0.29) is 11.9 Å². The second-order valence-corrected chi connectivity index (χ2v) is 8.67. The maximum Gasteiger partial charge on any atom is 0.257 e. The van der Waals surface area contributed by atoms with Crippen molar-refractivity contribution in [3.05, 3.63) is 58.1 Å². The lowest BCUT2D eigenvalue weighted by Gasteiger charge is -2.47. The van der Waals surface area contributed by atoms with Crippen LogP contribution in [-0.4, -0.2) is 44.1 Å². The molecule has 2 unspecified atom stereocenters. The summed E-state index contributed by atoms with van der Waals surface area (Å²) >= 11 is 6.08. The Morgan fingerprint density at radius 2 is 1.96 bits per heavy atom. The largest absolute Gasteiger partial charge is 0.388 e. The standard InChI is InChI=1S/C21H24ClN3O2/c1-21(2,27)18-5-6-25(18)20(26)16-11-23-19(24-12-16)9-13-7-14-3-4-17(22)10-15(14)8-13/h3-4,10-13,18,27H,5-9H2,1-2H3. The van der Waals surface area contributed by atoms with Gasteiger partial charge in [0.05, 0.1) is 17.2 Å². The van der Waals surface area contributed by atoms with Gasteiger partial charge in [-0.25, -0.2) is 9.97 Å². The molecular weight excluding hydrogens is 362 g/mol. The van der Waals surface area contributed by atoms with Gasteiger partial charge in [-0.3, -0.25) is 4.79 Å². The fourth-order valence-electron chi connectivity index (χ4n) is 4.18. The van der Waals surface area contributed by atoms with Crippen LogP contribution in [0.3, 0.4) is 0 Å². The van der Waals surface area contributed by atoms with E-state index in [4.69, 9.17) is 11.6 Å². The highest BCUT2D eigenvalue weighted by Gasteiger charge is 2.42. The van der Waals surface area contributed by atoms with Gasteiger partial charge in [-0.15, -0.1) is 0 Å². The van der Waals surface area contributed by atoms with Gasteiger partial charge in [-0.1, -0.05) is 17.7 Å². The van der Waals surface area contributed by atoms with Crippen molar-refractivity contribution >= 4 is 17.5 Å². The summed E-state index contributed by atoms with van der Waals surface area (Å²) in [5.41, 5.74) is 2.25. The molecule has 1 saturated heterocycles. The lowest BCUT2D eigenvalue weighted by molar-refractivity contribution is -0.0550.